The lowest BCUT2D eigenvalue weighted by Crippen LogP contribution is -2.71. The zero-order valence-corrected chi connectivity index (χ0v) is 65.9. The summed E-state index contributed by atoms with van der Waals surface area (Å²) < 4.78 is 112. The van der Waals surface area contributed by atoms with Crippen LogP contribution in [0.15, 0.2) is 0 Å². The highest BCUT2D eigenvalue weighted by atomic mass is 16.8. The van der Waals surface area contributed by atoms with Crippen molar-refractivity contribution in [2.24, 2.45) is 0 Å². The summed E-state index contributed by atoms with van der Waals surface area (Å²) in [6.45, 7) is -7.15. The minimum absolute atomic E-state index is 0.882. The van der Waals surface area contributed by atoms with Crippen LogP contribution in [0.4, 0.5) is 0 Å². The number of rotatable bonds is 32. The maximum Gasteiger partial charge on any atom is 0.217 e. The number of aliphatic hydroxyl groups excluding tert-OH is 28. The first kappa shape index (κ1) is 101. The maximum atomic E-state index is 13.1. The standard InChI is InChI=1S/C68H114N4O51/c1-15(81)69-29-39(91)33(85)19(5-73)108-61(29)117-55-26(12-80)115-68(58(50(55)102)123-63-32(72-18(4)84)42(94)54(25(11-79)114-63)120-66-49(101)45(97)36(88)22(8-76)111-66)121-56-38(90)28(107-59(104)51(56)103)14-106-67-57(122-62-31(71-17(3)83)41(93)53(24(10-78)113-62)119-65-48(100)44(96)35(87)21(7-75)110-65)46(98)37(89)27(116-67)13-105-60-30(70-16(2)82)40(92)52(23(9-77)112-60)118-64-47(99)43(95)34(86)20(6-74)109-64/h19-68,73-80,85-104H,5-14H2,1-4H3,(H,69,81)(H,70,82)(H,71,83)(H,72,84)/t19-,20-,21-,22-,23-,24-,25-,26-,27-,28-,29-,30-,31-,32-,33-,34+,35+,36+,37-,38-,39-,40-,41-,42-,43+,44+,45+,46+,47-,48-,49-,50+,51+,52-,53-,54-,55-,56+,57+,58+,59-,60-,61+,62+,63+,64+,65+,66+,67+,68-/m1/s1. The molecule has 0 aromatic heterocycles. The number of carbonyl (C=O) groups is 4. The van der Waals surface area contributed by atoms with E-state index in [1.807, 2.05) is 0 Å². The van der Waals surface area contributed by atoms with E-state index in [1.54, 1.807) is 0 Å². The maximum absolute atomic E-state index is 13.1. The van der Waals surface area contributed by atoms with E-state index < -0.39 is 397 Å². The van der Waals surface area contributed by atoms with Crippen molar-refractivity contribution in [1.82, 2.24) is 21.3 Å². The summed E-state index contributed by atoms with van der Waals surface area (Å²) in [5, 5.41) is 320. The highest BCUT2D eigenvalue weighted by molar-refractivity contribution is 5.74. The Kier molecular flexibility index (Phi) is 36.4. The van der Waals surface area contributed by atoms with E-state index in [4.69, 9.17) is 90.0 Å². The van der Waals surface area contributed by atoms with Crippen LogP contribution in [0, 0.1) is 0 Å². The number of hydrogen-bond donors (Lipinski definition) is 32. The lowest BCUT2D eigenvalue weighted by atomic mass is 9.94. The number of aliphatic hydroxyl groups is 28. The lowest BCUT2D eigenvalue weighted by molar-refractivity contribution is -0.399. The number of hydrogen-bond acceptors (Lipinski definition) is 51. The molecule has 4 amide bonds. The predicted octanol–water partition coefficient (Wildman–Crippen LogP) is -22.2. The minimum atomic E-state index is -2.56. The molecule has 0 aliphatic carbocycles. The second-order valence-electron chi connectivity index (χ2n) is 31.0. The molecule has 0 spiro atoms. The SMILES string of the molecule is CC(=O)N[C@H]1[C@H](OC[C@H]2O[C@H](OC[C@H]3O[C@@H](O)[C@@H](O)[C@@H](O[C@H]4O[C@H](CO)[C@@H](O[C@@H]5O[C@H](CO)[C@@H](O)[C@H](O)[C@H]5NC(C)=O)[C@H](O)[C@@H]4O[C@@H]4O[C@H](CO)[C@@H](O[C@@H]5O[C@H](CO)[C@H](O)[C@H](O)[C@H]5O)[C@H](O)[C@H]4NC(C)=O)[C@@H]3O)[C@@H](O[C@@H]3O[C@H](CO)[C@@H](O[C@@H]4O[C@H](CO)[C@H](O)[C@H](O)[C@H]4O)[C@H](O)[C@H]3NC(C)=O)[C@@H](O)[C@@H]2O)O[C@H](CO)[C@@H](O[C@@H]2O[C@H](CO)[C@H](O)[C@H](O)[C@H]2O)[C@@H]1O. The topological polar surface area (TPSA) is 858 Å². The van der Waals surface area contributed by atoms with Crippen LogP contribution < -0.4 is 21.3 Å². The van der Waals surface area contributed by atoms with Gasteiger partial charge in [0.05, 0.1) is 66.1 Å². The third-order valence-electron chi connectivity index (χ3n) is 22.5. The Morgan fingerprint density at radius 1 is 0.211 bits per heavy atom. The minimum Gasteiger partial charge on any atom is -0.394 e. The first-order valence-corrected chi connectivity index (χ1v) is 39.1. The van der Waals surface area contributed by atoms with Crippen molar-refractivity contribution in [3.8, 4) is 0 Å². The predicted molar refractivity (Wildman–Crippen MR) is 376 cm³/mol. The van der Waals surface area contributed by atoms with E-state index in [0.29, 0.717) is 0 Å². The van der Waals surface area contributed by atoms with E-state index >= 15 is 0 Å². The molecule has 10 saturated heterocycles. The normalized spacial score (nSPS) is 49.4. The number of amides is 4. The number of ether oxygens (including phenoxy) is 19. The molecule has 10 rings (SSSR count). The van der Waals surface area contributed by atoms with Crippen molar-refractivity contribution in [3.63, 3.8) is 0 Å². The second-order valence-corrected chi connectivity index (χ2v) is 31.0. The second kappa shape index (κ2) is 44.3. The van der Waals surface area contributed by atoms with E-state index in [-0.39, 0.29) is 0 Å². The molecule has 55 heteroatoms. The molecule has 32 N–H and O–H groups in total. The van der Waals surface area contributed by atoms with Gasteiger partial charge < -0.3 is 254 Å². The Balaban J connectivity index is 0.965. The smallest absolute Gasteiger partial charge is 0.217 e. The largest absolute Gasteiger partial charge is 0.394 e. The van der Waals surface area contributed by atoms with Crippen LogP contribution in [-0.4, -0.2) is 539 Å². The van der Waals surface area contributed by atoms with Gasteiger partial charge >= 0.3 is 0 Å². The van der Waals surface area contributed by atoms with E-state index in [0.717, 1.165) is 27.7 Å². The Hall–Kier alpha value is -4.00. The quantitative estimate of drug-likeness (QED) is 0.0297. The molecule has 0 aromatic carbocycles. The van der Waals surface area contributed by atoms with Crippen LogP contribution in [0.25, 0.3) is 0 Å². The summed E-state index contributed by atoms with van der Waals surface area (Å²) in [5.74, 6) is -3.75. The zero-order valence-electron chi connectivity index (χ0n) is 65.9. The molecule has 0 aromatic rings. The Morgan fingerprint density at radius 2 is 0.455 bits per heavy atom. The Labute approximate surface area is 695 Å². The first-order valence-electron chi connectivity index (χ1n) is 39.1. The Morgan fingerprint density at radius 3 is 0.813 bits per heavy atom. The van der Waals surface area contributed by atoms with Crippen molar-refractivity contribution in [1.29, 1.82) is 0 Å². The molecular formula is C68H114N4O51. The van der Waals surface area contributed by atoms with Gasteiger partial charge in [0.25, 0.3) is 0 Å². The van der Waals surface area contributed by atoms with Crippen molar-refractivity contribution in [2.45, 2.75) is 335 Å². The summed E-state index contributed by atoms with van der Waals surface area (Å²) in [6.07, 6.45) is -96.2. The van der Waals surface area contributed by atoms with Crippen LogP contribution in [0.1, 0.15) is 27.7 Å². The molecule has 712 valence electrons. The summed E-state index contributed by atoms with van der Waals surface area (Å²) in [5.41, 5.74) is 0. The van der Waals surface area contributed by atoms with Gasteiger partial charge in [-0.25, -0.2) is 0 Å². The fourth-order valence-corrected chi connectivity index (χ4v) is 15.8. The van der Waals surface area contributed by atoms with Crippen molar-refractivity contribution < 1.29 is 252 Å². The molecule has 0 unspecified atom stereocenters. The van der Waals surface area contributed by atoms with Crippen LogP contribution in [0.2, 0.25) is 0 Å². The summed E-state index contributed by atoms with van der Waals surface area (Å²) in [7, 11) is 0. The number of carbonyl (C=O) groups excluding carboxylic acids is 4. The molecule has 10 fully saturated rings. The van der Waals surface area contributed by atoms with Gasteiger partial charge in [0.2, 0.25) is 23.6 Å². The molecule has 50 atom stereocenters. The summed E-state index contributed by atoms with van der Waals surface area (Å²) in [6, 6.07) is -7.59. The van der Waals surface area contributed by atoms with Crippen molar-refractivity contribution >= 4 is 23.6 Å². The molecule has 10 aliphatic heterocycles. The molecule has 0 saturated carbocycles. The van der Waals surface area contributed by atoms with Gasteiger partial charge in [-0.05, 0) is 0 Å². The van der Waals surface area contributed by atoms with Crippen molar-refractivity contribution in [2.75, 3.05) is 66.1 Å². The van der Waals surface area contributed by atoms with Gasteiger partial charge in [0, 0.05) is 27.7 Å². The van der Waals surface area contributed by atoms with E-state index in [2.05, 4.69) is 21.3 Å². The molecular weight excluding hydrogens is 1690 g/mol. The molecule has 10 aliphatic rings. The van der Waals surface area contributed by atoms with Gasteiger partial charge in [-0.1, -0.05) is 0 Å². The first-order chi connectivity index (χ1) is 58.2. The van der Waals surface area contributed by atoms with Gasteiger partial charge in [-0.3, -0.25) is 19.2 Å². The third kappa shape index (κ3) is 22.4. The van der Waals surface area contributed by atoms with Crippen LogP contribution in [-0.2, 0) is 109 Å². The van der Waals surface area contributed by atoms with Gasteiger partial charge in [0.15, 0.2) is 62.9 Å². The average Bonchev–Trinajstić information content (AvgIpc) is 0.764. The van der Waals surface area contributed by atoms with Crippen molar-refractivity contribution in [3.05, 3.63) is 0 Å². The van der Waals surface area contributed by atoms with E-state index in [1.165, 1.54) is 0 Å². The highest BCUT2D eigenvalue weighted by Gasteiger charge is 2.62. The van der Waals surface area contributed by atoms with E-state index in [9.17, 15) is 162 Å². The lowest BCUT2D eigenvalue weighted by Gasteiger charge is -2.51. The molecule has 0 bridgehead atoms. The fraction of sp³-hybridized carbons (Fsp3) is 0.941. The number of nitrogens with one attached hydrogen (secondary N) is 4. The molecule has 55 nitrogen and oxygen atoms in total. The molecule has 10 heterocycles. The van der Waals surface area contributed by atoms with Gasteiger partial charge in [-0.15, -0.1) is 0 Å². The highest BCUT2D eigenvalue weighted by Crippen LogP contribution is 2.41. The summed E-state index contributed by atoms with van der Waals surface area (Å²) in [4.78, 5) is 51.5. The summed E-state index contributed by atoms with van der Waals surface area (Å²) >= 11 is 0. The van der Waals surface area contributed by atoms with Gasteiger partial charge in [0.1, 0.15) is 244 Å². The Bertz CT molecular complexity index is 3300. The molecule has 0 radical (unpaired) electrons. The molecule has 123 heavy (non-hydrogen) atoms. The van der Waals surface area contributed by atoms with Crippen LogP contribution in [0.3, 0.4) is 0 Å². The zero-order chi connectivity index (χ0) is 90.5. The van der Waals surface area contributed by atoms with Crippen LogP contribution in [0.5, 0.6) is 0 Å². The monoisotopic (exact) mass is 1800 g/mol. The van der Waals surface area contributed by atoms with Crippen LogP contribution >= 0.6 is 0 Å². The van der Waals surface area contributed by atoms with Gasteiger partial charge in [-0.2, -0.15) is 0 Å². The average molecular weight is 1800 g/mol. The fourth-order valence-electron chi connectivity index (χ4n) is 15.8. The third-order valence-corrected chi connectivity index (χ3v) is 22.5.